The molecule has 0 radical (unpaired) electrons. The molecule has 1 N–H and O–H groups in total. The minimum Gasteiger partial charge on any atom is -0.463 e. The molecule has 0 saturated carbocycles. The lowest BCUT2D eigenvalue weighted by Crippen LogP contribution is -2.14. The molecule has 4 rings (SSSR count). The van der Waals surface area contributed by atoms with Crippen molar-refractivity contribution in [2.24, 2.45) is 0 Å². The number of amides is 1. The molecule has 4 aromatic rings. The van der Waals surface area contributed by atoms with Gasteiger partial charge in [-0.25, -0.2) is 14.1 Å². The summed E-state index contributed by atoms with van der Waals surface area (Å²) in [5, 5.41) is 9.52. The van der Waals surface area contributed by atoms with Crippen LogP contribution in [0.3, 0.4) is 0 Å². The number of furan rings is 1. The lowest BCUT2D eigenvalue weighted by Gasteiger charge is -2.05. The first-order valence-corrected chi connectivity index (χ1v) is 9.04. The zero-order valence-corrected chi connectivity index (χ0v) is 15.4. The average molecular weight is 382 g/mol. The summed E-state index contributed by atoms with van der Waals surface area (Å²) in [5.41, 5.74) is 3.06. The van der Waals surface area contributed by atoms with Crippen LogP contribution in [0.2, 0.25) is 0 Å². The Kier molecular flexibility index (Phi) is 4.33. The predicted molar refractivity (Wildman–Crippen MR) is 101 cm³/mol. The van der Waals surface area contributed by atoms with E-state index >= 15 is 0 Å². The van der Waals surface area contributed by atoms with Crippen molar-refractivity contribution in [3.63, 3.8) is 0 Å². The zero-order chi connectivity index (χ0) is 19.0. The van der Waals surface area contributed by atoms with Crippen LogP contribution in [0.4, 0.5) is 9.52 Å². The molecule has 1 amide bonds. The minimum absolute atomic E-state index is 0.293. The topological polar surface area (TPSA) is 73.0 Å². The van der Waals surface area contributed by atoms with Gasteiger partial charge in [0.25, 0.3) is 5.91 Å². The number of aromatic nitrogens is 3. The van der Waals surface area contributed by atoms with Gasteiger partial charge in [0.2, 0.25) is 0 Å². The van der Waals surface area contributed by atoms with Gasteiger partial charge in [0.05, 0.1) is 28.9 Å². The van der Waals surface area contributed by atoms with Crippen LogP contribution in [0.25, 0.3) is 17.1 Å². The van der Waals surface area contributed by atoms with Crippen LogP contribution >= 0.6 is 11.3 Å². The maximum absolute atomic E-state index is 13.2. The molecule has 8 heteroatoms. The highest BCUT2D eigenvalue weighted by Crippen LogP contribution is 2.26. The van der Waals surface area contributed by atoms with Gasteiger partial charge in [-0.2, -0.15) is 5.10 Å². The van der Waals surface area contributed by atoms with Gasteiger partial charge in [0, 0.05) is 5.38 Å². The van der Waals surface area contributed by atoms with Crippen LogP contribution in [0.1, 0.15) is 21.7 Å². The quantitative estimate of drug-likeness (QED) is 0.560. The number of carbonyl (C=O) groups excluding carboxylic acids is 1. The number of carbonyl (C=O) groups is 1. The smallest absolute Gasteiger partial charge is 0.261 e. The lowest BCUT2D eigenvalue weighted by atomic mass is 10.2. The number of thiazole rings is 1. The van der Waals surface area contributed by atoms with E-state index in [0.717, 1.165) is 0 Å². The van der Waals surface area contributed by atoms with E-state index in [2.05, 4.69) is 15.4 Å². The van der Waals surface area contributed by atoms with E-state index in [1.807, 2.05) is 11.4 Å². The van der Waals surface area contributed by atoms with Crippen LogP contribution < -0.4 is 5.32 Å². The van der Waals surface area contributed by atoms with Gasteiger partial charge in [0.1, 0.15) is 11.5 Å². The number of benzene rings is 1. The van der Waals surface area contributed by atoms with Crippen LogP contribution in [0, 0.1) is 19.7 Å². The molecule has 0 fully saturated rings. The fourth-order valence-electron chi connectivity index (χ4n) is 2.83. The van der Waals surface area contributed by atoms with Crippen molar-refractivity contribution in [3.05, 3.63) is 70.8 Å². The van der Waals surface area contributed by atoms with Gasteiger partial charge < -0.3 is 4.42 Å². The highest BCUT2D eigenvalue weighted by Gasteiger charge is 2.20. The number of hydrogen-bond acceptors (Lipinski definition) is 5. The molecule has 136 valence electrons. The van der Waals surface area contributed by atoms with Gasteiger partial charge in [0.15, 0.2) is 10.9 Å². The normalized spacial score (nSPS) is 10.9. The fourth-order valence-corrected chi connectivity index (χ4v) is 3.53. The summed E-state index contributed by atoms with van der Waals surface area (Å²) in [5.74, 6) is 0.0244. The van der Waals surface area contributed by atoms with Crippen molar-refractivity contribution in [2.45, 2.75) is 13.8 Å². The van der Waals surface area contributed by atoms with Crippen LogP contribution in [-0.2, 0) is 0 Å². The second kappa shape index (κ2) is 6.81. The summed E-state index contributed by atoms with van der Waals surface area (Å²) in [6.07, 6.45) is 1.57. The number of halogens is 1. The molecule has 0 aliphatic carbocycles. The summed E-state index contributed by atoms with van der Waals surface area (Å²) in [4.78, 5) is 17.1. The molecule has 0 saturated heterocycles. The third-order valence-corrected chi connectivity index (χ3v) is 4.85. The van der Waals surface area contributed by atoms with E-state index in [-0.39, 0.29) is 11.7 Å². The number of nitrogens with zero attached hydrogens (tertiary/aromatic N) is 3. The number of nitrogens with one attached hydrogen (secondary N) is 1. The fraction of sp³-hybridized carbons (Fsp3) is 0.105. The average Bonchev–Trinajstić information content (AvgIpc) is 3.36. The van der Waals surface area contributed by atoms with Crippen molar-refractivity contribution in [1.29, 1.82) is 0 Å². The van der Waals surface area contributed by atoms with Gasteiger partial charge in [-0.05, 0) is 50.2 Å². The van der Waals surface area contributed by atoms with Crippen molar-refractivity contribution in [2.75, 3.05) is 5.32 Å². The van der Waals surface area contributed by atoms with Crippen molar-refractivity contribution < 1.29 is 13.6 Å². The molecule has 0 unspecified atom stereocenters. The van der Waals surface area contributed by atoms with E-state index in [1.54, 1.807) is 43.0 Å². The largest absolute Gasteiger partial charge is 0.463 e. The molecular weight excluding hydrogens is 367 g/mol. The van der Waals surface area contributed by atoms with E-state index in [4.69, 9.17) is 4.42 Å². The summed E-state index contributed by atoms with van der Waals surface area (Å²) < 4.78 is 20.1. The molecule has 0 atom stereocenters. The Labute approximate surface area is 158 Å². The van der Waals surface area contributed by atoms with Crippen molar-refractivity contribution >= 4 is 22.4 Å². The minimum atomic E-state index is -0.325. The molecule has 0 spiro atoms. The first-order valence-electron chi connectivity index (χ1n) is 8.16. The SMILES string of the molecule is Cc1nn(-c2ccc(F)cc2)c(C)c1C(=O)Nc1nc(-c2ccco2)cs1. The monoisotopic (exact) mass is 382 g/mol. The van der Waals surface area contributed by atoms with Crippen LogP contribution in [-0.4, -0.2) is 20.7 Å². The van der Waals surface area contributed by atoms with Crippen molar-refractivity contribution in [3.8, 4) is 17.1 Å². The maximum atomic E-state index is 13.2. The first-order chi connectivity index (χ1) is 13.0. The number of hydrogen-bond donors (Lipinski definition) is 1. The summed E-state index contributed by atoms with van der Waals surface area (Å²) in [7, 11) is 0. The highest BCUT2D eigenvalue weighted by atomic mass is 32.1. The van der Waals surface area contributed by atoms with Gasteiger partial charge in [-0.15, -0.1) is 11.3 Å². The summed E-state index contributed by atoms with van der Waals surface area (Å²) in [6.45, 7) is 3.56. The third kappa shape index (κ3) is 3.26. The summed E-state index contributed by atoms with van der Waals surface area (Å²) in [6, 6.07) is 9.54. The first kappa shape index (κ1) is 17.2. The predicted octanol–water partition coefficient (Wildman–Crippen LogP) is 4.60. The Morgan fingerprint density at radius 1 is 1.22 bits per heavy atom. The molecule has 27 heavy (non-hydrogen) atoms. The molecule has 1 aromatic carbocycles. The Morgan fingerprint density at radius 3 is 2.70 bits per heavy atom. The second-order valence-electron chi connectivity index (χ2n) is 5.90. The van der Waals surface area contributed by atoms with Gasteiger partial charge in [-0.1, -0.05) is 0 Å². The van der Waals surface area contributed by atoms with E-state index in [1.165, 1.54) is 23.5 Å². The number of anilines is 1. The zero-order valence-electron chi connectivity index (χ0n) is 14.6. The molecule has 6 nitrogen and oxygen atoms in total. The van der Waals surface area contributed by atoms with Gasteiger partial charge in [-0.3, -0.25) is 10.1 Å². The Balaban J connectivity index is 1.60. The Morgan fingerprint density at radius 2 is 2.00 bits per heavy atom. The second-order valence-corrected chi connectivity index (χ2v) is 6.76. The lowest BCUT2D eigenvalue weighted by molar-refractivity contribution is 0.102. The Bertz CT molecular complexity index is 1100. The molecule has 3 aromatic heterocycles. The van der Waals surface area contributed by atoms with Crippen LogP contribution in [0.15, 0.2) is 52.5 Å². The molecule has 0 aliphatic rings. The third-order valence-electron chi connectivity index (χ3n) is 4.09. The van der Waals surface area contributed by atoms with Crippen LogP contribution in [0.5, 0.6) is 0 Å². The van der Waals surface area contributed by atoms with E-state index in [9.17, 15) is 9.18 Å². The van der Waals surface area contributed by atoms with Crippen molar-refractivity contribution in [1.82, 2.24) is 14.8 Å². The highest BCUT2D eigenvalue weighted by molar-refractivity contribution is 7.14. The van der Waals surface area contributed by atoms with E-state index in [0.29, 0.717) is 39.2 Å². The van der Waals surface area contributed by atoms with E-state index < -0.39 is 0 Å². The Hall–Kier alpha value is -3.26. The van der Waals surface area contributed by atoms with Gasteiger partial charge >= 0.3 is 0 Å². The molecule has 3 heterocycles. The number of rotatable bonds is 4. The molecular formula is C19H15FN4O2S. The standard InChI is InChI=1S/C19H15FN4O2S/c1-11-17(12(2)24(23-11)14-7-5-13(20)6-8-14)18(25)22-19-21-15(10-27-19)16-4-3-9-26-16/h3-10H,1-2H3,(H,21,22,25). The number of aryl methyl sites for hydroxylation is 1. The summed E-state index contributed by atoms with van der Waals surface area (Å²) >= 11 is 1.32. The molecule has 0 bridgehead atoms. The molecule has 0 aliphatic heterocycles. The maximum Gasteiger partial charge on any atom is 0.261 e.